The molecule has 1 heterocycles. The zero-order chi connectivity index (χ0) is 13.8. The topological polar surface area (TPSA) is 24.5 Å². The smallest absolute Gasteiger partial charge is 0.137 e. The summed E-state index contributed by atoms with van der Waals surface area (Å²) in [7, 11) is 1.64. The molecule has 1 fully saturated rings. The summed E-state index contributed by atoms with van der Waals surface area (Å²) in [5.41, 5.74) is 1.19. The van der Waals surface area contributed by atoms with E-state index in [1.54, 1.807) is 7.11 Å². The van der Waals surface area contributed by atoms with Gasteiger partial charge in [0, 0.05) is 24.8 Å². The fraction of sp³-hybridized carbons (Fsp3) is 0.600. The average molecular weight is 283 g/mol. The highest BCUT2D eigenvalue weighted by atomic mass is 35.5. The van der Waals surface area contributed by atoms with Crippen molar-refractivity contribution in [3.05, 3.63) is 23.2 Å². The molecule has 1 aromatic rings. The molecule has 1 saturated heterocycles. The van der Waals surface area contributed by atoms with Crippen LogP contribution in [0.25, 0.3) is 0 Å². The van der Waals surface area contributed by atoms with E-state index in [1.807, 2.05) is 12.1 Å². The van der Waals surface area contributed by atoms with Crippen LogP contribution in [-0.2, 0) is 0 Å². The number of anilines is 1. The lowest BCUT2D eigenvalue weighted by Crippen LogP contribution is -2.48. The molecule has 0 spiro atoms. The van der Waals surface area contributed by atoms with Crippen molar-refractivity contribution in [3.63, 3.8) is 0 Å². The average Bonchev–Trinajstić information content (AvgIpc) is 2.41. The highest BCUT2D eigenvalue weighted by Gasteiger charge is 2.25. The van der Waals surface area contributed by atoms with Gasteiger partial charge in [-0.05, 0) is 37.1 Å². The molecule has 2 atom stereocenters. The first-order chi connectivity index (χ1) is 9.15. The molecular weight excluding hydrogens is 260 g/mol. The maximum Gasteiger partial charge on any atom is 0.137 e. The Morgan fingerprint density at radius 3 is 2.84 bits per heavy atom. The van der Waals surface area contributed by atoms with Crippen molar-refractivity contribution < 1.29 is 4.74 Å². The summed E-state index contributed by atoms with van der Waals surface area (Å²) in [4.78, 5) is 2.41. The molecule has 106 valence electrons. The maximum absolute atomic E-state index is 6.20. The molecule has 1 aliphatic rings. The van der Waals surface area contributed by atoms with Crippen molar-refractivity contribution >= 4 is 17.3 Å². The van der Waals surface area contributed by atoms with E-state index in [0.717, 1.165) is 25.4 Å². The molecule has 1 aliphatic heterocycles. The molecule has 0 saturated carbocycles. The van der Waals surface area contributed by atoms with E-state index in [1.165, 1.54) is 12.1 Å². The van der Waals surface area contributed by atoms with E-state index >= 15 is 0 Å². The fourth-order valence-electron chi connectivity index (χ4n) is 2.80. The van der Waals surface area contributed by atoms with Crippen LogP contribution in [0.5, 0.6) is 5.75 Å². The molecular formula is C15H23ClN2O. The Kier molecular flexibility index (Phi) is 4.94. The second kappa shape index (κ2) is 6.49. The molecule has 0 bridgehead atoms. The first-order valence-electron chi connectivity index (χ1n) is 6.97. The van der Waals surface area contributed by atoms with Crippen molar-refractivity contribution in [2.24, 2.45) is 5.92 Å². The lowest BCUT2D eigenvalue weighted by molar-refractivity contribution is 0.327. The van der Waals surface area contributed by atoms with Gasteiger partial charge in [-0.1, -0.05) is 25.4 Å². The first kappa shape index (κ1) is 14.5. The maximum atomic E-state index is 6.20. The largest absolute Gasteiger partial charge is 0.495 e. The first-order valence-corrected chi connectivity index (χ1v) is 7.35. The van der Waals surface area contributed by atoms with Crippen molar-refractivity contribution in [2.45, 2.75) is 26.3 Å². The monoisotopic (exact) mass is 282 g/mol. The van der Waals surface area contributed by atoms with Crippen LogP contribution in [0.15, 0.2) is 18.2 Å². The molecule has 2 unspecified atom stereocenters. The minimum Gasteiger partial charge on any atom is -0.495 e. The lowest BCUT2D eigenvalue weighted by atomic mass is 9.93. The van der Waals surface area contributed by atoms with Gasteiger partial charge in [0.1, 0.15) is 5.75 Å². The van der Waals surface area contributed by atoms with Gasteiger partial charge in [-0.25, -0.2) is 0 Å². The summed E-state index contributed by atoms with van der Waals surface area (Å²) >= 11 is 6.20. The zero-order valence-electron chi connectivity index (χ0n) is 11.9. The van der Waals surface area contributed by atoms with Crippen LogP contribution in [0.4, 0.5) is 5.69 Å². The predicted molar refractivity (Wildman–Crippen MR) is 81.5 cm³/mol. The Balaban J connectivity index is 2.06. The second-order valence-corrected chi connectivity index (χ2v) is 5.60. The predicted octanol–water partition coefficient (Wildman–Crippen LogP) is 3.17. The third-order valence-corrected chi connectivity index (χ3v) is 4.17. The fourth-order valence-corrected chi connectivity index (χ4v) is 3.05. The molecule has 3 nitrogen and oxygen atoms in total. The summed E-state index contributed by atoms with van der Waals surface area (Å²) in [5, 5.41) is 4.25. The molecule has 1 aromatic carbocycles. The third-order valence-electron chi connectivity index (χ3n) is 3.87. The van der Waals surface area contributed by atoms with Crippen LogP contribution in [0, 0.1) is 5.92 Å². The summed E-state index contributed by atoms with van der Waals surface area (Å²) in [6, 6.07) is 6.67. The molecule has 2 rings (SSSR count). The van der Waals surface area contributed by atoms with E-state index in [2.05, 4.69) is 30.1 Å². The lowest BCUT2D eigenvalue weighted by Gasteiger charge is -2.38. The molecule has 0 radical (unpaired) electrons. The van der Waals surface area contributed by atoms with E-state index < -0.39 is 0 Å². The number of benzene rings is 1. The zero-order valence-corrected chi connectivity index (χ0v) is 12.7. The number of halogens is 1. The Morgan fingerprint density at radius 2 is 2.26 bits per heavy atom. The van der Waals surface area contributed by atoms with Crippen LogP contribution >= 0.6 is 11.6 Å². The van der Waals surface area contributed by atoms with Gasteiger partial charge in [0.2, 0.25) is 0 Å². The van der Waals surface area contributed by atoms with Crippen molar-refractivity contribution in [1.82, 2.24) is 5.32 Å². The van der Waals surface area contributed by atoms with E-state index in [9.17, 15) is 0 Å². The summed E-state index contributed by atoms with van der Waals surface area (Å²) < 4.78 is 5.20. The summed E-state index contributed by atoms with van der Waals surface area (Å²) in [5.74, 6) is 1.38. The molecule has 4 heteroatoms. The Morgan fingerprint density at radius 1 is 1.47 bits per heavy atom. The number of hydrogen-bond acceptors (Lipinski definition) is 3. The molecule has 1 N–H and O–H groups in total. The van der Waals surface area contributed by atoms with Crippen LogP contribution < -0.4 is 15.0 Å². The standard InChI is InChI=1S/C15H23ClN2O/c1-4-17-14-7-8-18(10-11(14)2)12-5-6-15(19-3)13(16)9-12/h5-6,9,11,14,17H,4,7-8,10H2,1-3H3. The van der Waals surface area contributed by atoms with Crippen molar-refractivity contribution in [3.8, 4) is 5.75 Å². The Hall–Kier alpha value is -0.930. The molecule has 0 aliphatic carbocycles. The quantitative estimate of drug-likeness (QED) is 0.918. The van der Waals surface area contributed by atoms with Gasteiger partial charge in [0.15, 0.2) is 0 Å². The normalized spacial score (nSPS) is 23.5. The number of rotatable bonds is 4. The molecule has 0 amide bonds. The van der Waals surface area contributed by atoms with Crippen LogP contribution in [0.1, 0.15) is 20.3 Å². The second-order valence-electron chi connectivity index (χ2n) is 5.19. The number of hydrogen-bond donors (Lipinski definition) is 1. The summed E-state index contributed by atoms with van der Waals surface area (Å²) in [6.45, 7) is 7.67. The minimum atomic E-state index is 0.634. The Bertz CT molecular complexity index is 425. The van der Waals surface area contributed by atoms with E-state index in [4.69, 9.17) is 16.3 Å². The van der Waals surface area contributed by atoms with Crippen molar-refractivity contribution in [2.75, 3.05) is 31.6 Å². The molecule has 0 aromatic heterocycles. The Labute approximate surface area is 120 Å². The number of ether oxygens (including phenoxy) is 1. The number of nitrogens with zero attached hydrogens (tertiary/aromatic N) is 1. The third kappa shape index (κ3) is 3.34. The van der Waals surface area contributed by atoms with Gasteiger partial charge < -0.3 is 15.0 Å². The minimum absolute atomic E-state index is 0.634. The van der Waals surface area contributed by atoms with E-state index in [-0.39, 0.29) is 0 Å². The van der Waals surface area contributed by atoms with Gasteiger partial charge in [0.05, 0.1) is 12.1 Å². The van der Waals surface area contributed by atoms with Crippen LogP contribution in [0.2, 0.25) is 5.02 Å². The van der Waals surface area contributed by atoms with Crippen LogP contribution in [-0.4, -0.2) is 32.8 Å². The number of methoxy groups -OCH3 is 1. The van der Waals surface area contributed by atoms with Gasteiger partial charge in [-0.2, -0.15) is 0 Å². The summed E-state index contributed by atoms with van der Waals surface area (Å²) in [6.07, 6.45) is 1.18. The number of nitrogens with one attached hydrogen (secondary N) is 1. The van der Waals surface area contributed by atoms with E-state index in [0.29, 0.717) is 17.0 Å². The van der Waals surface area contributed by atoms with Crippen molar-refractivity contribution in [1.29, 1.82) is 0 Å². The van der Waals surface area contributed by atoms with Gasteiger partial charge in [0.25, 0.3) is 0 Å². The molecule has 19 heavy (non-hydrogen) atoms. The van der Waals surface area contributed by atoms with Gasteiger partial charge in [-0.3, -0.25) is 0 Å². The SMILES string of the molecule is CCNC1CCN(c2ccc(OC)c(Cl)c2)CC1C. The van der Waals surface area contributed by atoms with Gasteiger partial charge >= 0.3 is 0 Å². The van der Waals surface area contributed by atoms with Crippen LogP contribution in [0.3, 0.4) is 0 Å². The highest BCUT2D eigenvalue weighted by molar-refractivity contribution is 6.32. The number of piperidine rings is 1. The van der Waals surface area contributed by atoms with Gasteiger partial charge in [-0.15, -0.1) is 0 Å². The highest BCUT2D eigenvalue weighted by Crippen LogP contribution is 2.31.